The number of benzene rings is 1. The molecule has 1 heterocycles. The van der Waals surface area contributed by atoms with E-state index in [0.717, 1.165) is 25.4 Å². The summed E-state index contributed by atoms with van der Waals surface area (Å²) in [4.78, 5) is 0. The van der Waals surface area contributed by atoms with E-state index in [0.29, 0.717) is 0 Å². The summed E-state index contributed by atoms with van der Waals surface area (Å²) in [6, 6.07) is 10.3. The van der Waals surface area contributed by atoms with Crippen LogP contribution in [0.4, 0.5) is 0 Å². The molecule has 0 radical (unpaired) electrons. The summed E-state index contributed by atoms with van der Waals surface area (Å²) in [6.07, 6.45) is 3.98. The van der Waals surface area contributed by atoms with Gasteiger partial charge >= 0.3 is 0 Å². The van der Waals surface area contributed by atoms with E-state index >= 15 is 0 Å². The zero-order valence-corrected chi connectivity index (χ0v) is 11.5. The van der Waals surface area contributed by atoms with Gasteiger partial charge in [-0.15, -0.1) is 0 Å². The summed E-state index contributed by atoms with van der Waals surface area (Å²) in [6.45, 7) is 6.59. The first-order valence-corrected chi connectivity index (χ1v) is 6.71. The average molecular weight is 259 g/mol. The zero-order valence-electron chi connectivity index (χ0n) is 11.5. The monoisotopic (exact) mass is 259 g/mol. The van der Waals surface area contributed by atoms with Gasteiger partial charge in [0.25, 0.3) is 0 Å². The molecule has 1 aromatic heterocycles. The van der Waals surface area contributed by atoms with Crippen molar-refractivity contribution in [3.8, 4) is 5.69 Å². The minimum Gasteiger partial charge on any atom is -0.377 e. The van der Waals surface area contributed by atoms with Crippen molar-refractivity contribution < 1.29 is 4.74 Å². The molecule has 1 aromatic carbocycles. The lowest BCUT2D eigenvalue weighted by Gasteiger charge is -2.12. The van der Waals surface area contributed by atoms with Crippen molar-refractivity contribution in [1.82, 2.24) is 15.1 Å². The Morgan fingerprint density at radius 1 is 1.32 bits per heavy atom. The van der Waals surface area contributed by atoms with E-state index in [1.807, 2.05) is 23.9 Å². The predicted octanol–water partition coefficient (Wildman–Crippen LogP) is 2.39. The molecule has 0 fully saturated rings. The molecule has 0 aliphatic carbocycles. The van der Waals surface area contributed by atoms with Gasteiger partial charge in [0, 0.05) is 32.1 Å². The number of hydrogen-bond acceptors (Lipinski definition) is 3. The molecule has 102 valence electrons. The van der Waals surface area contributed by atoms with Gasteiger partial charge < -0.3 is 10.1 Å². The Morgan fingerprint density at radius 2 is 2.11 bits per heavy atom. The van der Waals surface area contributed by atoms with Gasteiger partial charge in [-0.05, 0) is 37.6 Å². The van der Waals surface area contributed by atoms with E-state index in [1.165, 1.54) is 5.56 Å². The fraction of sp³-hybridized carbons (Fsp3) is 0.400. The van der Waals surface area contributed by atoms with Crippen molar-refractivity contribution in [2.75, 3.05) is 13.2 Å². The molecule has 4 heteroatoms. The van der Waals surface area contributed by atoms with Crippen molar-refractivity contribution in [3.05, 3.63) is 48.3 Å². The van der Waals surface area contributed by atoms with Gasteiger partial charge in [0.05, 0.1) is 11.8 Å². The van der Waals surface area contributed by atoms with E-state index in [2.05, 4.69) is 41.6 Å². The predicted molar refractivity (Wildman–Crippen MR) is 76.4 cm³/mol. The topological polar surface area (TPSA) is 39.1 Å². The van der Waals surface area contributed by atoms with Crippen LogP contribution in [0.15, 0.2) is 42.7 Å². The van der Waals surface area contributed by atoms with Crippen LogP contribution in [0.3, 0.4) is 0 Å². The maximum atomic E-state index is 5.47. The fourth-order valence-corrected chi connectivity index (χ4v) is 1.95. The number of rotatable bonds is 7. The second-order valence-electron chi connectivity index (χ2n) is 4.51. The summed E-state index contributed by atoms with van der Waals surface area (Å²) in [7, 11) is 0. The van der Waals surface area contributed by atoms with Gasteiger partial charge in [-0.25, -0.2) is 4.68 Å². The van der Waals surface area contributed by atoms with Gasteiger partial charge in [0.2, 0.25) is 0 Å². The van der Waals surface area contributed by atoms with Crippen molar-refractivity contribution >= 4 is 0 Å². The molecule has 19 heavy (non-hydrogen) atoms. The second-order valence-corrected chi connectivity index (χ2v) is 4.51. The Labute approximate surface area is 114 Å². The fourth-order valence-electron chi connectivity index (χ4n) is 1.95. The first kappa shape index (κ1) is 13.8. The largest absolute Gasteiger partial charge is 0.377 e. The number of nitrogens with one attached hydrogen (secondary N) is 1. The van der Waals surface area contributed by atoms with Gasteiger partial charge in [0.1, 0.15) is 0 Å². The van der Waals surface area contributed by atoms with E-state index < -0.39 is 0 Å². The highest BCUT2D eigenvalue weighted by atomic mass is 16.5. The van der Waals surface area contributed by atoms with Gasteiger partial charge in [-0.1, -0.05) is 12.1 Å². The lowest BCUT2D eigenvalue weighted by atomic mass is 10.2. The Hall–Kier alpha value is -1.65. The maximum Gasteiger partial charge on any atom is 0.0671 e. The molecule has 0 saturated heterocycles. The third-order valence-electron chi connectivity index (χ3n) is 2.92. The highest BCUT2D eigenvalue weighted by molar-refractivity contribution is 5.33. The minimum atomic E-state index is 0.258. The molecule has 4 nitrogen and oxygen atoms in total. The van der Waals surface area contributed by atoms with E-state index in [9.17, 15) is 0 Å². The van der Waals surface area contributed by atoms with Crippen LogP contribution in [-0.4, -0.2) is 29.0 Å². The number of aromatic nitrogens is 2. The molecule has 1 N–H and O–H groups in total. The van der Waals surface area contributed by atoms with Crippen LogP contribution in [0.2, 0.25) is 0 Å². The quantitative estimate of drug-likeness (QED) is 0.830. The van der Waals surface area contributed by atoms with Crippen molar-refractivity contribution in [2.24, 2.45) is 0 Å². The lowest BCUT2D eigenvalue weighted by Crippen LogP contribution is -2.26. The summed E-state index contributed by atoms with van der Waals surface area (Å²) < 4.78 is 7.33. The van der Waals surface area contributed by atoms with E-state index in [1.54, 1.807) is 6.20 Å². The highest BCUT2D eigenvalue weighted by Gasteiger charge is 2.01. The molecule has 1 unspecified atom stereocenters. The molecular formula is C15H21N3O. The summed E-state index contributed by atoms with van der Waals surface area (Å²) in [5, 5.41) is 7.60. The number of nitrogens with zero attached hydrogens (tertiary/aromatic N) is 2. The highest BCUT2D eigenvalue weighted by Crippen LogP contribution is 2.08. The standard InChI is InChI=1S/C15H21N3O/c1-3-19-13(2)11-16-12-14-5-7-15(8-6-14)18-10-4-9-17-18/h4-10,13,16H,3,11-12H2,1-2H3. The normalized spacial score (nSPS) is 12.5. The smallest absolute Gasteiger partial charge is 0.0671 e. The zero-order chi connectivity index (χ0) is 13.5. The summed E-state index contributed by atoms with van der Waals surface area (Å²) in [5.41, 5.74) is 2.34. The molecule has 2 rings (SSSR count). The third-order valence-corrected chi connectivity index (χ3v) is 2.92. The third kappa shape index (κ3) is 4.19. The molecule has 0 spiro atoms. The van der Waals surface area contributed by atoms with Gasteiger partial charge in [-0.2, -0.15) is 5.10 Å². The van der Waals surface area contributed by atoms with Crippen LogP contribution in [-0.2, 0) is 11.3 Å². The lowest BCUT2D eigenvalue weighted by molar-refractivity contribution is 0.0759. The number of ether oxygens (including phenoxy) is 1. The van der Waals surface area contributed by atoms with E-state index in [4.69, 9.17) is 4.74 Å². The Morgan fingerprint density at radius 3 is 2.74 bits per heavy atom. The Balaban J connectivity index is 1.82. The molecule has 0 amide bonds. The molecular weight excluding hydrogens is 238 g/mol. The van der Waals surface area contributed by atoms with Crippen LogP contribution in [0.5, 0.6) is 0 Å². The first-order valence-electron chi connectivity index (χ1n) is 6.71. The molecule has 0 bridgehead atoms. The first-order chi connectivity index (χ1) is 9.29. The maximum absolute atomic E-state index is 5.47. The van der Waals surface area contributed by atoms with Crippen LogP contribution < -0.4 is 5.32 Å². The van der Waals surface area contributed by atoms with Gasteiger partial charge in [0.15, 0.2) is 0 Å². The molecule has 2 aromatic rings. The minimum absolute atomic E-state index is 0.258. The SMILES string of the molecule is CCOC(C)CNCc1ccc(-n2cccn2)cc1. The second kappa shape index (κ2) is 7.07. The van der Waals surface area contributed by atoms with Crippen LogP contribution in [0.25, 0.3) is 5.69 Å². The number of hydrogen-bond donors (Lipinski definition) is 1. The summed E-state index contributed by atoms with van der Waals surface area (Å²) >= 11 is 0. The van der Waals surface area contributed by atoms with Crippen molar-refractivity contribution in [2.45, 2.75) is 26.5 Å². The molecule has 0 aliphatic rings. The molecule has 0 saturated carbocycles. The van der Waals surface area contributed by atoms with E-state index in [-0.39, 0.29) is 6.10 Å². The van der Waals surface area contributed by atoms with Crippen molar-refractivity contribution in [1.29, 1.82) is 0 Å². The summed E-state index contributed by atoms with van der Waals surface area (Å²) in [5.74, 6) is 0. The van der Waals surface area contributed by atoms with Crippen LogP contribution in [0.1, 0.15) is 19.4 Å². The Bertz CT molecular complexity index is 465. The van der Waals surface area contributed by atoms with Crippen LogP contribution >= 0.6 is 0 Å². The molecule has 0 aliphatic heterocycles. The average Bonchev–Trinajstić information content (AvgIpc) is 2.94. The molecule has 1 atom stereocenters. The Kier molecular flexibility index (Phi) is 5.12. The van der Waals surface area contributed by atoms with Crippen LogP contribution in [0, 0.1) is 0 Å². The van der Waals surface area contributed by atoms with Crippen molar-refractivity contribution in [3.63, 3.8) is 0 Å². The van der Waals surface area contributed by atoms with Gasteiger partial charge in [-0.3, -0.25) is 0 Å².